The number of nitrogens with zero attached hydrogens (tertiary/aromatic N) is 6. The second kappa shape index (κ2) is 12.5. The fourth-order valence-electron chi connectivity index (χ4n) is 4.41. The summed E-state index contributed by atoms with van der Waals surface area (Å²) in [5, 5.41) is 17.9. The van der Waals surface area contributed by atoms with Gasteiger partial charge in [-0.05, 0) is 26.0 Å². The van der Waals surface area contributed by atoms with E-state index in [1.807, 2.05) is 11.0 Å². The summed E-state index contributed by atoms with van der Waals surface area (Å²) in [4.78, 5) is 50.5. The summed E-state index contributed by atoms with van der Waals surface area (Å²) in [5.41, 5.74) is 0.394. The van der Waals surface area contributed by atoms with Crippen molar-refractivity contribution in [2.75, 3.05) is 43.1 Å². The number of Topliss-reactive ketones (excluding diaryl/α,β-unsaturated/α-hetero) is 1. The number of hydrogen-bond donors (Lipinski definition) is 2. The Labute approximate surface area is 250 Å². The highest BCUT2D eigenvalue weighted by Crippen LogP contribution is 2.33. The summed E-state index contributed by atoms with van der Waals surface area (Å²) in [6.45, 7) is 5.14. The largest absolute Gasteiger partial charge is 0.395 e. The number of nitrogens with one attached hydrogen (secondary N) is 1. The van der Waals surface area contributed by atoms with E-state index < -0.39 is 11.3 Å². The standard InChI is InChI=1S/C28H30ClN7O5S/c1-28(2,16-37)27(40)36-25(32-13-19-3-4-24(29)42-19)9-21(33-36)20-14-35(15-23(38)18-11-30-17-31-12-18)26(39)10-22(20)34-5-7-41-8-6-34/h3-4,9-12,14,17,32,37H,5-8,13,15-16H2,1-2H3. The first-order valence-corrected chi connectivity index (χ1v) is 14.5. The van der Waals surface area contributed by atoms with Crippen molar-refractivity contribution in [1.29, 1.82) is 0 Å². The summed E-state index contributed by atoms with van der Waals surface area (Å²) in [7, 11) is 0. The fraction of sp³-hybridized carbons (Fsp3) is 0.357. The number of rotatable bonds is 10. The lowest BCUT2D eigenvalue weighted by Crippen LogP contribution is -2.38. The van der Waals surface area contributed by atoms with Crippen LogP contribution in [0.5, 0.6) is 0 Å². The molecule has 14 heteroatoms. The number of halogens is 1. The molecule has 0 spiro atoms. The van der Waals surface area contributed by atoms with Gasteiger partial charge in [0.25, 0.3) is 11.5 Å². The molecule has 220 valence electrons. The van der Waals surface area contributed by atoms with Crippen molar-refractivity contribution in [2.24, 2.45) is 5.41 Å². The Morgan fingerprint density at radius 1 is 1.17 bits per heavy atom. The quantitative estimate of drug-likeness (QED) is 0.256. The molecule has 0 aliphatic carbocycles. The molecular weight excluding hydrogens is 582 g/mol. The molecule has 0 saturated carbocycles. The van der Waals surface area contributed by atoms with E-state index in [0.29, 0.717) is 59.9 Å². The molecule has 1 aliphatic heterocycles. The fourth-order valence-corrected chi connectivity index (χ4v) is 5.44. The Hall–Kier alpha value is -3.91. The molecule has 2 N–H and O–H groups in total. The number of carbonyl (C=O) groups excluding carboxylic acids is 2. The van der Waals surface area contributed by atoms with Crippen LogP contribution in [0.3, 0.4) is 0 Å². The zero-order valence-corrected chi connectivity index (χ0v) is 24.7. The Morgan fingerprint density at radius 3 is 2.57 bits per heavy atom. The molecule has 0 radical (unpaired) electrons. The van der Waals surface area contributed by atoms with Crippen molar-refractivity contribution in [3.05, 3.63) is 74.3 Å². The minimum absolute atomic E-state index is 0.232. The predicted molar refractivity (Wildman–Crippen MR) is 159 cm³/mol. The van der Waals surface area contributed by atoms with Gasteiger partial charge in [0.15, 0.2) is 5.78 Å². The molecule has 0 atom stereocenters. The van der Waals surface area contributed by atoms with Crippen molar-refractivity contribution in [1.82, 2.24) is 24.3 Å². The van der Waals surface area contributed by atoms with E-state index in [-0.39, 0.29) is 30.1 Å². The first kappa shape index (κ1) is 29.6. The van der Waals surface area contributed by atoms with E-state index in [0.717, 1.165) is 4.88 Å². The van der Waals surface area contributed by atoms with Crippen LogP contribution in [0.1, 0.15) is 33.9 Å². The predicted octanol–water partition coefficient (Wildman–Crippen LogP) is 3.21. The molecule has 12 nitrogen and oxygen atoms in total. The van der Waals surface area contributed by atoms with Crippen LogP contribution in [0, 0.1) is 5.41 Å². The van der Waals surface area contributed by atoms with Gasteiger partial charge in [-0.3, -0.25) is 14.4 Å². The van der Waals surface area contributed by atoms with E-state index in [9.17, 15) is 19.5 Å². The third-order valence-corrected chi connectivity index (χ3v) is 8.11. The molecule has 0 aromatic carbocycles. The van der Waals surface area contributed by atoms with E-state index >= 15 is 0 Å². The van der Waals surface area contributed by atoms with Gasteiger partial charge < -0.3 is 24.6 Å². The van der Waals surface area contributed by atoms with Crippen molar-refractivity contribution in [3.63, 3.8) is 0 Å². The summed E-state index contributed by atoms with van der Waals surface area (Å²) in [6, 6.07) is 6.89. The molecule has 0 bridgehead atoms. The Balaban J connectivity index is 1.59. The van der Waals surface area contributed by atoms with Crippen LogP contribution < -0.4 is 15.8 Å². The second-order valence-electron chi connectivity index (χ2n) is 10.4. The zero-order valence-electron chi connectivity index (χ0n) is 23.1. The molecule has 1 saturated heterocycles. The maximum absolute atomic E-state index is 13.5. The molecule has 1 aliphatic rings. The van der Waals surface area contributed by atoms with Crippen LogP contribution in [0.2, 0.25) is 4.34 Å². The first-order chi connectivity index (χ1) is 20.2. The van der Waals surface area contributed by atoms with Crippen molar-refractivity contribution < 1.29 is 19.4 Å². The second-order valence-corrected chi connectivity index (χ2v) is 12.2. The summed E-state index contributed by atoms with van der Waals surface area (Å²) in [6.07, 6.45) is 5.72. The van der Waals surface area contributed by atoms with Crippen molar-refractivity contribution in [2.45, 2.75) is 26.9 Å². The van der Waals surface area contributed by atoms with E-state index in [1.54, 1.807) is 32.2 Å². The summed E-state index contributed by atoms with van der Waals surface area (Å²) >= 11 is 7.51. The summed E-state index contributed by atoms with van der Waals surface area (Å²) < 4.78 is 8.72. The monoisotopic (exact) mass is 611 g/mol. The number of ether oxygens (including phenoxy) is 1. The number of pyridine rings is 1. The third kappa shape index (κ3) is 6.44. The minimum atomic E-state index is -1.11. The highest BCUT2D eigenvalue weighted by molar-refractivity contribution is 7.16. The van der Waals surface area contributed by atoms with Gasteiger partial charge >= 0.3 is 0 Å². The molecule has 1 fully saturated rings. The van der Waals surface area contributed by atoms with Crippen molar-refractivity contribution >= 4 is 46.1 Å². The topological polar surface area (TPSA) is 144 Å². The molecular formula is C28H30ClN7O5S. The number of anilines is 2. The average Bonchev–Trinajstić information content (AvgIpc) is 3.63. The number of carbonyl (C=O) groups is 2. The average molecular weight is 612 g/mol. The number of aromatic nitrogens is 5. The number of morpholine rings is 1. The zero-order chi connectivity index (χ0) is 29.9. The molecule has 4 aromatic heterocycles. The molecule has 0 unspecified atom stereocenters. The van der Waals surface area contributed by atoms with Crippen LogP contribution in [0.4, 0.5) is 11.5 Å². The highest BCUT2D eigenvalue weighted by Gasteiger charge is 2.32. The number of hydrogen-bond acceptors (Lipinski definition) is 11. The highest BCUT2D eigenvalue weighted by atomic mass is 35.5. The van der Waals surface area contributed by atoms with Crippen molar-refractivity contribution in [3.8, 4) is 11.3 Å². The lowest BCUT2D eigenvalue weighted by molar-refractivity contribution is 0.0616. The van der Waals surface area contributed by atoms with E-state index in [1.165, 1.54) is 45.4 Å². The van der Waals surface area contributed by atoms with Crippen LogP contribution in [-0.2, 0) is 17.8 Å². The maximum atomic E-state index is 13.5. The number of thiophene rings is 1. The van der Waals surface area contributed by atoms with Gasteiger partial charge in [0.1, 0.15) is 12.1 Å². The van der Waals surface area contributed by atoms with Gasteiger partial charge in [0.2, 0.25) is 0 Å². The van der Waals surface area contributed by atoms with Gasteiger partial charge in [-0.15, -0.1) is 11.3 Å². The summed E-state index contributed by atoms with van der Waals surface area (Å²) in [5.74, 6) is -0.335. The number of aliphatic hydroxyl groups is 1. The van der Waals surface area contributed by atoms with Gasteiger partial charge in [-0.2, -0.15) is 9.78 Å². The lowest BCUT2D eigenvalue weighted by atomic mass is 9.94. The number of ketones is 1. The van der Waals surface area contributed by atoms with Crippen LogP contribution >= 0.6 is 22.9 Å². The van der Waals surface area contributed by atoms with E-state index in [2.05, 4.69) is 20.4 Å². The SMILES string of the molecule is CC(C)(CO)C(=O)n1nc(-c2cn(CC(=O)c3cncnc3)c(=O)cc2N2CCOCC2)cc1NCc1ccc(Cl)s1. The van der Waals surface area contributed by atoms with E-state index in [4.69, 9.17) is 16.3 Å². The van der Waals surface area contributed by atoms with Crippen LogP contribution in [-0.4, -0.2) is 74.0 Å². The van der Waals surface area contributed by atoms with Gasteiger partial charge in [0, 0.05) is 54.3 Å². The Kier molecular flexibility index (Phi) is 8.82. The molecule has 4 aromatic rings. The first-order valence-electron chi connectivity index (χ1n) is 13.3. The lowest BCUT2D eigenvalue weighted by Gasteiger charge is -2.30. The van der Waals surface area contributed by atoms with Gasteiger partial charge in [-0.1, -0.05) is 11.6 Å². The Bertz CT molecular complexity index is 1640. The molecule has 42 heavy (non-hydrogen) atoms. The number of aliphatic hydroxyl groups excluding tert-OH is 1. The minimum Gasteiger partial charge on any atom is -0.395 e. The van der Waals surface area contributed by atoms with Crippen LogP contribution in [0.25, 0.3) is 11.3 Å². The molecule has 0 amide bonds. The van der Waals surface area contributed by atoms with Gasteiger partial charge in [-0.25, -0.2) is 9.97 Å². The molecule has 5 rings (SSSR count). The Morgan fingerprint density at radius 2 is 1.90 bits per heavy atom. The van der Waals surface area contributed by atoms with Crippen LogP contribution in [0.15, 0.2) is 54.0 Å². The molecule has 5 heterocycles. The maximum Gasteiger partial charge on any atom is 0.256 e. The smallest absolute Gasteiger partial charge is 0.256 e. The third-order valence-electron chi connectivity index (χ3n) is 6.88. The normalized spacial score (nSPS) is 13.8. The van der Waals surface area contributed by atoms with Gasteiger partial charge in [0.05, 0.1) is 59.6 Å².